The van der Waals surface area contributed by atoms with E-state index in [1.165, 1.54) is 31.2 Å². The number of allylic oxidation sites excluding steroid dienone is 4. The Bertz CT molecular complexity index is 285. The lowest BCUT2D eigenvalue weighted by Gasteiger charge is -1.92. The van der Waals surface area contributed by atoms with Gasteiger partial charge in [0.15, 0.2) is 11.6 Å². The summed E-state index contributed by atoms with van der Waals surface area (Å²) in [6.07, 6.45) is 4.95. The maximum Gasteiger partial charge on any atom is 0.325 e. The van der Waals surface area contributed by atoms with Crippen LogP contribution in [-0.2, 0) is 14.2 Å². The monoisotopic (exact) mass is 218 g/mol. The van der Waals surface area contributed by atoms with Gasteiger partial charge in [-0.15, -0.1) is 0 Å². The Hall–Kier alpha value is -1.03. The number of carbonyl (C=O) groups is 2. The van der Waals surface area contributed by atoms with Crippen molar-refractivity contribution in [1.82, 2.24) is 0 Å². The van der Waals surface area contributed by atoms with E-state index in [1.807, 2.05) is 0 Å². The highest BCUT2D eigenvalue weighted by atomic mass is 31.2. The van der Waals surface area contributed by atoms with E-state index in [-0.39, 0.29) is 17.7 Å². The molecule has 0 amide bonds. The van der Waals surface area contributed by atoms with Crippen molar-refractivity contribution >= 4 is 19.2 Å². The average molecular weight is 218 g/mol. The average Bonchev–Trinajstić information content (AvgIpc) is 2.10. The molecule has 5 nitrogen and oxygen atoms in total. The summed E-state index contributed by atoms with van der Waals surface area (Å²) >= 11 is 0. The van der Waals surface area contributed by atoms with Gasteiger partial charge >= 0.3 is 7.60 Å². The van der Waals surface area contributed by atoms with E-state index in [4.69, 9.17) is 9.79 Å². The molecule has 1 rings (SSSR count). The van der Waals surface area contributed by atoms with Gasteiger partial charge in [-0.05, 0) is 24.3 Å². The van der Waals surface area contributed by atoms with Crippen LogP contribution in [0.5, 0.6) is 0 Å². The molecule has 78 valence electrons. The molecule has 1 aliphatic carbocycles. The fourth-order valence-electron chi connectivity index (χ4n) is 0.440. The van der Waals surface area contributed by atoms with Gasteiger partial charge < -0.3 is 9.79 Å². The second-order valence-electron chi connectivity index (χ2n) is 2.45. The summed E-state index contributed by atoms with van der Waals surface area (Å²) in [5.41, 5.74) is 0. The summed E-state index contributed by atoms with van der Waals surface area (Å²) in [6, 6.07) is 0. The molecule has 0 saturated carbocycles. The van der Waals surface area contributed by atoms with E-state index in [0.717, 1.165) is 0 Å². The lowest BCUT2D eigenvalue weighted by Crippen LogP contribution is -1.97. The second kappa shape index (κ2) is 5.65. The fraction of sp³-hybridized carbons (Fsp3) is 0.250. The minimum atomic E-state index is -3.65. The lowest BCUT2D eigenvalue weighted by atomic mass is 10.2. The fourth-order valence-corrected chi connectivity index (χ4v) is 0.440. The van der Waals surface area contributed by atoms with Crippen molar-refractivity contribution in [1.29, 1.82) is 0 Å². The van der Waals surface area contributed by atoms with Gasteiger partial charge in [-0.1, -0.05) is 6.92 Å². The standard InChI is InChI=1S/C6H4O2.C2H7O3P/c7-5-1-2-6(8)4-3-5;1-2-6(3,4)5/h1-4H;2H2,1H3,(H2,3,4,5). The summed E-state index contributed by atoms with van der Waals surface area (Å²) in [5, 5.41) is 0. The largest absolute Gasteiger partial charge is 0.325 e. The summed E-state index contributed by atoms with van der Waals surface area (Å²) in [4.78, 5) is 36.4. The van der Waals surface area contributed by atoms with Gasteiger partial charge in [0, 0.05) is 6.16 Å². The predicted molar refractivity (Wildman–Crippen MR) is 50.9 cm³/mol. The first-order chi connectivity index (χ1) is 6.35. The SMILES string of the molecule is CCP(=O)(O)O.O=C1C=CC(=O)C=C1. The Morgan fingerprint density at radius 1 is 1.07 bits per heavy atom. The summed E-state index contributed by atoms with van der Waals surface area (Å²) in [5.74, 6) is -0.241. The summed E-state index contributed by atoms with van der Waals surface area (Å²) in [7, 11) is -3.65. The third-order valence-electron chi connectivity index (χ3n) is 1.24. The molecule has 0 aromatic heterocycles. The number of carbonyl (C=O) groups excluding carboxylic acids is 2. The number of hydrogen-bond acceptors (Lipinski definition) is 3. The smallest absolute Gasteiger partial charge is 0.324 e. The van der Waals surface area contributed by atoms with E-state index >= 15 is 0 Å². The lowest BCUT2D eigenvalue weighted by molar-refractivity contribution is -0.113. The second-order valence-corrected chi connectivity index (χ2v) is 4.41. The molecule has 0 saturated heterocycles. The van der Waals surface area contributed by atoms with Crippen LogP contribution in [0.4, 0.5) is 0 Å². The predicted octanol–water partition coefficient (Wildman–Crippen LogP) is 0.435. The molecule has 0 aliphatic heterocycles. The molecule has 0 bridgehead atoms. The van der Waals surface area contributed by atoms with Crippen molar-refractivity contribution < 1.29 is 23.9 Å². The van der Waals surface area contributed by atoms with Crippen molar-refractivity contribution in [3.05, 3.63) is 24.3 Å². The first-order valence-electron chi connectivity index (χ1n) is 3.84. The molecule has 14 heavy (non-hydrogen) atoms. The van der Waals surface area contributed by atoms with Gasteiger partial charge in [0.2, 0.25) is 0 Å². The van der Waals surface area contributed by atoms with Gasteiger partial charge in [-0.3, -0.25) is 14.2 Å². The molecule has 0 unspecified atom stereocenters. The van der Waals surface area contributed by atoms with Crippen LogP contribution in [0.15, 0.2) is 24.3 Å². The van der Waals surface area contributed by atoms with Gasteiger partial charge in [-0.2, -0.15) is 0 Å². The molecule has 0 atom stereocenters. The van der Waals surface area contributed by atoms with Crippen molar-refractivity contribution in [2.45, 2.75) is 6.92 Å². The van der Waals surface area contributed by atoms with E-state index in [9.17, 15) is 14.2 Å². The molecule has 6 heteroatoms. The third kappa shape index (κ3) is 7.61. The minimum Gasteiger partial charge on any atom is -0.324 e. The molecule has 0 aromatic carbocycles. The van der Waals surface area contributed by atoms with Gasteiger partial charge in [0.25, 0.3) is 0 Å². The zero-order chi connectivity index (χ0) is 11.2. The van der Waals surface area contributed by atoms with Crippen LogP contribution < -0.4 is 0 Å². The molecular weight excluding hydrogens is 207 g/mol. The van der Waals surface area contributed by atoms with Crippen LogP contribution in [0.1, 0.15) is 6.92 Å². The Labute approximate surface area is 81.3 Å². The van der Waals surface area contributed by atoms with Crippen molar-refractivity contribution in [2.75, 3.05) is 6.16 Å². The third-order valence-corrected chi connectivity index (χ3v) is 2.06. The number of hydrogen-bond donors (Lipinski definition) is 2. The highest BCUT2D eigenvalue weighted by molar-refractivity contribution is 7.51. The highest BCUT2D eigenvalue weighted by Crippen LogP contribution is 2.32. The molecule has 0 heterocycles. The van der Waals surface area contributed by atoms with E-state index < -0.39 is 7.60 Å². The van der Waals surface area contributed by atoms with Crippen molar-refractivity contribution in [2.24, 2.45) is 0 Å². The van der Waals surface area contributed by atoms with E-state index in [0.29, 0.717) is 0 Å². The van der Waals surface area contributed by atoms with Crippen molar-refractivity contribution in [3.63, 3.8) is 0 Å². The first kappa shape index (κ1) is 13.0. The molecule has 0 aromatic rings. The minimum absolute atomic E-state index is 0.0625. The number of rotatable bonds is 1. The quantitative estimate of drug-likeness (QED) is 0.492. The van der Waals surface area contributed by atoms with Gasteiger partial charge in [0.05, 0.1) is 0 Å². The van der Waals surface area contributed by atoms with Crippen LogP contribution in [0.3, 0.4) is 0 Å². The highest BCUT2D eigenvalue weighted by Gasteiger charge is 2.05. The van der Waals surface area contributed by atoms with Crippen LogP contribution in [0, 0.1) is 0 Å². The van der Waals surface area contributed by atoms with E-state index in [1.54, 1.807) is 0 Å². The van der Waals surface area contributed by atoms with Crippen LogP contribution in [-0.4, -0.2) is 27.5 Å². The molecule has 2 N–H and O–H groups in total. The van der Waals surface area contributed by atoms with Crippen LogP contribution in [0.2, 0.25) is 0 Å². The van der Waals surface area contributed by atoms with Crippen LogP contribution >= 0.6 is 7.60 Å². The summed E-state index contributed by atoms with van der Waals surface area (Å²) in [6.45, 7) is 1.45. The Balaban J connectivity index is 0.000000255. The molecule has 0 fully saturated rings. The Kier molecular flexibility index (Phi) is 5.23. The van der Waals surface area contributed by atoms with Gasteiger partial charge in [-0.25, -0.2) is 0 Å². The van der Waals surface area contributed by atoms with E-state index in [2.05, 4.69) is 0 Å². The Morgan fingerprint density at radius 2 is 1.29 bits per heavy atom. The summed E-state index contributed by atoms with van der Waals surface area (Å²) < 4.78 is 9.69. The van der Waals surface area contributed by atoms with Crippen molar-refractivity contribution in [3.8, 4) is 0 Å². The maximum atomic E-state index is 10.3. The zero-order valence-corrected chi connectivity index (χ0v) is 8.48. The molecular formula is C8H11O5P. The molecule has 0 spiro atoms. The zero-order valence-electron chi connectivity index (χ0n) is 7.58. The topological polar surface area (TPSA) is 91.7 Å². The molecule has 0 radical (unpaired) electrons. The Morgan fingerprint density at radius 3 is 1.43 bits per heavy atom. The molecule has 1 aliphatic rings. The normalized spacial score (nSPS) is 15.1. The van der Waals surface area contributed by atoms with Gasteiger partial charge in [0.1, 0.15) is 0 Å². The maximum absolute atomic E-state index is 10.3. The number of ketones is 2. The first-order valence-corrected chi connectivity index (χ1v) is 5.63. The van der Waals surface area contributed by atoms with Crippen LogP contribution in [0.25, 0.3) is 0 Å².